The van der Waals surface area contributed by atoms with Crippen molar-refractivity contribution < 1.29 is 4.92 Å². The van der Waals surface area contributed by atoms with Crippen LogP contribution >= 0.6 is 0 Å². The Kier molecular flexibility index (Phi) is 3.42. The molecule has 0 saturated carbocycles. The van der Waals surface area contributed by atoms with Crippen LogP contribution in [-0.2, 0) is 6.54 Å². The number of pyridine rings is 2. The van der Waals surface area contributed by atoms with Gasteiger partial charge >= 0.3 is 5.69 Å². The Hall–Kier alpha value is -3.02. The molecule has 0 saturated heterocycles. The molecule has 0 radical (unpaired) electrons. The zero-order valence-electron chi connectivity index (χ0n) is 11.1. The normalized spacial score (nSPS) is 10.5. The number of nitrogens with zero attached hydrogens (tertiary/aromatic N) is 3. The Morgan fingerprint density at radius 2 is 1.90 bits per heavy atom. The zero-order valence-corrected chi connectivity index (χ0v) is 11.1. The van der Waals surface area contributed by atoms with Crippen molar-refractivity contribution in [1.29, 1.82) is 0 Å². The molecule has 104 valence electrons. The first-order valence-electron chi connectivity index (χ1n) is 6.40. The summed E-state index contributed by atoms with van der Waals surface area (Å²) in [4.78, 5) is 18.8. The van der Waals surface area contributed by atoms with Gasteiger partial charge in [0.25, 0.3) is 0 Å². The van der Waals surface area contributed by atoms with Gasteiger partial charge in [-0.2, -0.15) is 0 Å². The molecule has 0 spiro atoms. The fourth-order valence-corrected chi connectivity index (χ4v) is 2.15. The number of rotatable bonds is 4. The molecule has 0 amide bonds. The number of nitrogens with one attached hydrogen (secondary N) is 1. The van der Waals surface area contributed by atoms with Gasteiger partial charge in [0.2, 0.25) is 0 Å². The monoisotopic (exact) mass is 280 g/mol. The Morgan fingerprint density at radius 3 is 2.67 bits per heavy atom. The molecular weight excluding hydrogens is 268 g/mol. The lowest BCUT2D eigenvalue weighted by atomic mass is 10.1. The molecule has 1 N–H and O–H groups in total. The fraction of sp³-hybridized carbons (Fsp3) is 0.0667. The fourth-order valence-electron chi connectivity index (χ4n) is 2.15. The van der Waals surface area contributed by atoms with E-state index in [0.717, 1.165) is 16.5 Å². The second-order valence-corrected chi connectivity index (χ2v) is 4.50. The number of hydrogen-bond acceptors (Lipinski definition) is 5. The first kappa shape index (κ1) is 13.0. The van der Waals surface area contributed by atoms with E-state index < -0.39 is 4.92 Å². The molecule has 0 aliphatic heterocycles. The predicted octanol–water partition coefficient (Wildman–Crippen LogP) is 3.15. The van der Waals surface area contributed by atoms with Crippen molar-refractivity contribution >= 4 is 22.3 Å². The average Bonchev–Trinajstić information content (AvgIpc) is 2.53. The van der Waals surface area contributed by atoms with Crippen LogP contribution in [0.4, 0.5) is 11.4 Å². The van der Waals surface area contributed by atoms with Crippen LogP contribution in [0.2, 0.25) is 0 Å². The quantitative estimate of drug-likeness (QED) is 0.586. The first-order chi connectivity index (χ1) is 10.3. The van der Waals surface area contributed by atoms with Gasteiger partial charge in [0, 0.05) is 24.3 Å². The van der Waals surface area contributed by atoms with Gasteiger partial charge < -0.3 is 5.32 Å². The smallest absolute Gasteiger partial charge is 0.311 e. The molecule has 21 heavy (non-hydrogen) atoms. The minimum absolute atomic E-state index is 0.0252. The predicted molar refractivity (Wildman–Crippen MR) is 80.0 cm³/mol. The van der Waals surface area contributed by atoms with Gasteiger partial charge in [-0.25, -0.2) is 4.98 Å². The van der Waals surface area contributed by atoms with Gasteiger partial charge in [-0.1, -0.05) is 18.2 Å². The summed E-state index contributed by atoms with van der Waals surface area (Å²) in [5.41, 5.74) is 2.19. The summed E-state index contributed by atoms with van der Waals surface area (Å²) in [6.45, 7) is 0.483. The van der Waals surface area contributed by atoms with Crippen LogP contribution in [0.3, 0.4) is 0 Å². The van der Waals surface area contributed by atoms with Crippen LogP contribution < -0.4 is 5.32 Å². The third-order valence-electron chi connectivity index (χ3n) is 3.17. The van der Waals surface area contributed by atoms with Crippen molar-refractivity contribution in [2.75, 3.05) is 5.32 Å². The van der Waals surface area contributed by atoms with Crippen molar-refractivity contribution in [1.82, 2.24) is 9.97 Å². The number of benzene rings is 1. The third-order valence-corrected chi connectivity index (χ3v) is 3.17. The van der Waals surface area contributed by atoms with Crippen molar-refractivity contribution in [3.63, 3.8) is 0 Å². The molecule has 0 fully saturated rings. The number of aromatic nitrogens is 2. The summed E-state index contributed by atoms with van der Waals surface area (Å²) in [7, 11) is 0. The summed E-state index contributed by atoms with van der Waals surface area (Å²) in [6, 6.07) is 11.1. The maximum Gasteiger partial charge on any atom is 0.311 e. The highest BCUT2D eigenvalue weighted by atomic mass is 16.6. The number of para-hydroxylation sites is 1. The van der Waals surface area contributed by atoms with Crippen molar-refractivity contribution in [2.24, 2.45) is 0 Å². The molecule has 2 aromatic heterocycles. The Morgan fingerprint density at radius 1 is 1.14 bits per heavy atom. The molecule has 3 rings (SSSR count). The number of nitro groups is 1. The molecule has 0 bridgehead atoms. The summed E-state index contributed by atoms with van der Waals surface area (Å²) >= 11 is 0. The summed E-state index contributed by atoms with van der Waals surface area (Å²) in [5, 5.41) is 15.1. The molecule has 1 aromatic carbocycles. The average molecular weight is 280 g/mol. The van der Waals surface area contributed by atoms with E-state index >= 15 is 0 Å². The summed E-state index contributed by atoms with van der Waals surface area (Å²) in [5.74, 6) is 0. The Bertz CT molecular complexity index is 790. The van der Waals surface area contributed by atoms with Gasteiger partial charge in [-0.15, -0.1) is 0 Å². The largest absolute Gasteiger partial charge is 0.375 e. The molecule has 0 unspecified atom stereocenters. The highest BCUT2D eigenvalue weighted by molar-refractivity contribution is 5.95. The highest BCUT2D eigenvalue weighted by Gasteiger charge is 2.17. The highest BCUT2D eigenvalue weighted by Crippen LogP contribution is 2.31. The van der Waals surface area contributed by atoms with Crippen LogP contribution in [0.25, 0.3) is 10.9 Å². The van der Waals surface area contributed by atoms with Gasteiger partial charge in [0.1, 0.15) is 11.9 Å². The lowest BCUT2D eigenvalue weighted by molar-refractivity contribution is -0.384. The lowest BCUT2D eigenvalue weighted by Crippen LogP contribution is -2.04. The minimum atomic E-state index is -0.422. The lowest BCUT2D eigenvalue weighted by Gasteiger charge is -2.10. The minimum Gasteiger partial charge on any atom is -0.375 e. The molecule has 3 aromatic rings. The van der Waals surface area contributed by atoms with Crippen LogP contribution in [0.15, 0.2) is 55.0 Å². The van der Waals surface area contributed by atoms with Crippen molar-refractivity contribution in [3.8, 4) is 0 Å². The zero-order chi connectivity index (χ0) is 14.7. The number of hydrogen-bond donors (Lipinski definition) is 1. The maximum atomic E-state index is 11.2. The SMILES string of the molecule is O=[N+]([O-])c1cnc2ccccc2c1NCc1ccncc1. The van der Waals surface area contributed by atoms with E-state index in [1.54, 1.807) is 12.4 Å². The van der Waals surface area contributed by atoms with Gasteiger partial charge in [-0.05, 0) is 23.8 Å². The Balaban J connectivity index is 2.02. The van der Waals surface area contributed by atoms with E-state index in [4.69, 9.17) is 0 Å². The van der Waals surface area contributed by atoms with E-state index in [1.165, 1.54) is 6.20 Å². The molecule has 6 heteroatoms. The van der Waals surface area contributed by atoms with Crippen LogP contribution in [0.1, 0.15) is 5.56 Å². The molecule has 6 nitrogen and oxygen atoms in total. The Labute approximate surface area is 120 Å². The number of anilines is 1. The van der Waals surface area contributed by atoms with Crippen LogP contribution in [0, 0.1) is 10.1 Å². The van der Waals surface area contributed by atoms with E-state index in [-0.39, 0.29) is 5.69 Å². The molecular formula is C15H12N4O2. The summed E-state index contributed by atoms with van der Waals surface area (Å²) < 4.78 is 0. The third kappa shape index (κ3) is 2.64. The van der Waals surface area contributed by atoms with Gasteiger partial charge in [0.05, 0.1) is 10.4 Å². The molecule has 0 atom stereocenters. The molecule has 0 aliphatic carbocycles. The van der Waals surface area contributed by atoms with E-state index in [2.05, 4.69) is 15.3 Å². The maximum absolute atomic E-state index is 11.2. The molecule has 0 aliphatic rings. The standard InChI is InChI=1S/C15H12N4O2/c20-19(21)14-10-17-13-4-2-1-3-12(13)15(14)18-9-11-5-7-16-8-6-11/h1-8,10H,9H2,(H,17,18). The number of fused-ring (bicyclic) bond motifs is 1. The van der Waals surface area contributed by atoms with E-state index in [1.807, 2.05) is 36.4 Å². The first-order valence-corrected chi connectivity index (χ1v) is 6.40. The van der Waals surface area contributed by atoms with Gasteiger partial charge in [0.15, 0.2) is 0 Å². The second-order valence-electron chi connectivity index (χ2n) is 4.50. The van der Waals surface area contributed by atoms with Crippen LogP contribution in [0.5, 0.6) is 0 Å². The van der Waals surface area contributed by atoms with E-state index in [9.17, 15) is 10.1 Å². The van der Waals surface area contributed by atoms with E-state index in [0.29, 0.717) is 12.2 Å². The topological polar surface area (TPSA) is 81.0 Å². The second kappa shape index (κ2) is 5.54. The molecule has 2 heterocycles. The van der Waals surface area contributed by atoms with Crippen molar-refractivity contribution in [2.45, 2.75) is 6.54 Å². The van der Waals surface area contributed by atoms with Crippen LogP contribution in [-0.4, -0.2) is 14.9 Å². The van der Waals surface area contributed by atoms with Crippen molar-refractivity contribution in [3.05, 3.63) is 70.7 Å². The summed E-state index contributed by atoms with van der Waals surface area (Å²) in [6.07, 6.45) is 4.67. The van der Waals surface area contributed by atoms with Gasteiger partial charge in [-0.3, -0.25) is 15.1 Å².